The molecule has 0 saturated heterocycles. The zero-order valence-corrected chi connectivity index (χ0v) is 12.1. The average Bonchev–Trinajstić information content (AvgIpc) is 2.37. The van der Waals surface area contributed by atoms with Crippen LogP contribution in [0.15, 0.2) is 0 Å². The predicted molar refractivity (Wildman–Crippen MR) is 71.5 cm³/mol. The van der Waals surface area contributed by atoms with Gasteiger partial charge in [0.1, 0.15) is 5.54 Å². The zero-order valence-electron chi connectivity index (χ0n) is 12.1. The highest BCUT2D eigenvalue weighted by Gasteiger charge is 2.32. The van der Waals surface area contributed by atoms with Gasteiger partial charge in [-0.25, -0.2) is 0 Å². The van der Waals surface area contributed by atoms with Crippen LogP contribution in [0, 0.1) is 5.92 Å². The maximum absolute atomic E-state index is 11.7. The van der Waals surface area contributed by atoms with Gasteiger partial charge in [0, 0.05) is 6.61 Å². The molecule has 1 fully saturated rings. The van der Waals surface area contributed by atoms with E-state index in [2.05, 4.69) is 12.2 Å². The molecule has 1 aliphatic rings. The van der Waals surface area contributed by atoms with Crippen molar-refractivity contribution in [2.75, 3.05) is 20.8 Å². The summed E-state index contributed by atoms with van der Waals surface area (Å²) in [7, 11) is 3.20. The summed E-state index contributed by atoms with van der Waals surface area (Å²) in [6.45, 7) is 4.73. The van der Waals surface area contributed by atoms with Gasteiger partial charge in [0.2, 0.25) is 0 Å². The van der Waals surface area contributed by atoms with Crippen molar-refractivity contribution < 1.29 is 14.3 Å². The number of ether oxygens (including phenoxy) is 2. The van der Waals surface area contributed by atoms with Crippen molar-refractivity contribution in [3.05, 3.63) is 0 Å². The molecule has 0 aromatic heterocycles. The Balaban J connectivity index is 2.33. The van der Waals surface area contributed by atoms with Gasteiger partial charge in [-0.2, -0.15) is 0 Å². The van der Waals surface area contributed by atoms with E-state index in [-0.39, 0.29) is 5.97 Å². The summed E-state index contributed by atoms with van der Waals surface area (Å²) in [5, 5.41) is 3.02. The van der Waals surface area contributed by atoms with Gasteiger partial charge in [0.25, 0.3) is 0 Å². The number of carbonyl (C=O) groups is 1. The minimum atomic E-state index is -0.644. The van der Waals surface area contributed by atoms with Crippen LogP contribution in [0.4, 0.5) is 0 Å². The molecule has 0 heterocycles. The number of hydrogen-bond donors (Lipinski definition) is 1. The highest BCUT2D eigenvalue weighted by atomic mass is 16.5. The van der Waals surface area contributed by atoms with Crippen molar-refractivity contribution in [2.45, 2.75) is 57.6 Å². The van der Waals surface area contributed by atoms with Crippen LogP contribution in [0.5, 0.6) is 0 Å². The van der Waals surface area contributed by atoms with Gasteiger partial charge in [0.15, 0.2) is 0 Å². The van der Waals surface area contributed by atoms with Crippen molar-refractivity contribution in [3.63, 3.8) is 0 Å². The van der Waals surface area contributed by atoms with Crippen LogP contribution in [-0.2, 0) is 14.3 Å². The predicted octanol–water partition coefficient (Wildman–Crippen LogP) is 2.12. The zero-order chi connectivity index (χ0) is 13.6. The van der Waals surface area contributed by atoms with Gasteiger partial charge in [-0.3, -0.25) is 4.79 Å². The van der Waals surface area contributed by atoms with Crippen LogP contribution in [0.25, 0.3) is 0 Å². The van der Waals surface area contributed by atoms with Crippen LogP contribution < -0.4 is 5.32 Å². The molecule has 1 N–H and O–H groups in total. The van der Waals surface area contributed by atoms with E-state index in [0.29, 0.717) is 19.1 Å². The summed E-state index contributed by atoms with van der Waals surface area (Å²) in [5.74, 6) is 0.533. The average molecular weight is 257 g/mol. The molecule has 4 heteroatoms. The monoisotopic (exact) mass is 257 g/mol. The third-order valence-corrected chi connectivity index (χ3v) is 4.03. The van der Waals surface area contributed by atoms with E-state index in [4.69, 9.17) is 9.47 Å². The molecule has 0 aromatic rings. The maximum Gasteiger partial charge on any atom is 0.325 e. The smallest absolute Gasteiger partial charge is 0.325 e. The van der Waals surface area contributed by atoms with Gasteiger partial charge in [-0.15, -0.1) is 0 Å². The molecular formula is C14H27NO3. The second kappa shape index (κ2) is 7.10. The van der Waals surface area contributed by atoms with E-state index in [0.717, 1.165) is 18.8 Å². The number of nitrogens with one attached hydrogen (secondary N) is 1. The quantitative estimate of drug-likeness (QED) is 0.740. The fourth-order valence-electron chi connectivity index (χ4n) is 2.51. The van der Waals surface area contributed by atoms with Crippen LogP contribution >= 0.6 is 0 Å². The Morgan fingerprint density at radius 3 is 2.72 bits per heavy atom. The van der Waals surface area contributed by atoms with E-state index in [1.165, 1.54) is 20.0 Å². The molecule has 0 bridgehead atoms. The number of rotatable bonds is 6. The first kappa shape index (κ1) is 15.4. The number of esters is 1. The van der Waals surface area contributed by atoms with Crippen molar-refractivity contribution in [3.8, 4) is 0 Å². The van der Waals surface area contributed by atoms with E-state index < -0.39 is 5.54 Å². The first-order valence-corrected chi connectivity index (χ1v) is 6.90. The molecule has 106 valence electrons. The lowest BCUT2D eigenvalue weighted by molar-refractivity contribution is -0.148. The lowest BCUT2D eigenvalue weighted by Crippen LogP contribution is -2.49. The Morgan fingerprint density at radius 2 is 2.17 bits per heavy atom. The Hall–Kier alpha value is -0.610. The molecule has 0 aromatic carbocycles. The van der Waals surface area contributed by atoms with Crippen molar-refractivity contribution in [2.24, 2.45) is 5.92 Å². The topological polar surface area (TPSA) is 47.6 Å². The molecule has 1 saturated carbocycles. The van der Waals surface area contributed by atoms with E-state index in [1.807, 2.05) is 6.92 Å². The van der Waals surface area contributed by atoms with Crippen LogP contribution in [0.3, 0.4) is 0 Å². The summed E-state index contributed by atoms with van der Waals surface area (Å²) in [5.41, 5.74) is -0.644. The fourth-order valence-corrected chi connectivity index (χ4v) is 2.51. The molecule has 1 aliphatic carbocycles. The number of methoxy groups -OCH3 is 1. The summed E-state index contributed by atoms with van der Waals surface area (Å²) >= 11 is 0. The summed E-state index contributed by atoms with van der Waals surface area (Å²) in [6, 6.07) is 0. The second-order valence-electron chi connectivity index (χ2n) is 5.59. The van der Waals surface area contributed by atoms with Gasteiger partial charge in [-0.1, -0.05) is 19.8 Å². The first-order valence-electron chi connectivity index (χ1n) is 6.90. The minimum Gasteiger partial charge on any atom is -0.468 e. The summed E-state index contributed by atoms with van der Waals surface area (Å²) in [4.78, 5) is 11.7. The minimum absolute atomic E-state index is 0.231. The summed E-state index contributed by atoms with van der Waals surface area (Å²) in [6.07, 6.45) is 5.88. The highest BCUT2D eigenvalue weighted by Crippen LogP contribution is 2.26. The van der Waals surface area contributed by atoms with Gasteiger partial charge in [-0.05, 0) is 39.2 Å². The lowest BCUT2D eigenvalue weighted by atomic mass is 9.88. The van der Waals surface area contributed by atoms with E-state index >= 15 is 0 Å². The number of carbonyl (C=O) groups excluding carboxylic acids is 1. The number of hydrogen-bond acceptors (Lipinski definition) is 4. The van der Waals surface area contributed by atoms with E-state index in [9.17, 15) is 4.79 Å². The number of likely N-dealkylation sites (N-methyl/N-ethyl adjacent to an activating group) is 1. The molecule has 4 nitrogen and oxygen atoms in total. The van der Waals surface area contributed by atoms with Crippen LogP contribution in [-0.4, -0.2) is 38.4 Å². The molecular weight excluding hydrogens is 230 g/mol. The normalized spacial score (nSPS) is 27.6. The Bertz CT molecular complexity index is 270. The van der Waals surface area contributed by atoms with Gasteiger partial charge < -0.3 is 14.8 Å². The van der Waals surface area contributed by atoms with Gasteiger partial charge >= 0.3 is 5.97 Å². The third-order valence-electron chi connectivity index (χ3n) is 4.03. The molecule has 18 heavy (non-hydrogen) atoms. The Morgan fingerprint density at radius 1 is 1.44 bits per heavy atom. The molecule has 0 aliphatic heterocycles. The van der Waals surface area contributed by atoms with E-state index in [1.54, 1.807) is 7.05 Å². The first-order chi connectivity index (χ1) is 8.51. The largest absolute Gasteiger partial charge is 0.468 e. The van der Waals surface area contributed by atoms with Crippen LogP contribution in [0.1, 0.15) is 46.0 Å². The molecule has 0 spiro atoms. The molecule has 0 radical (unpaired) electrons. The highest BCUT2D eigenvalue weighted by molar-refractivity contribution is 5.80. The Kier molecular flexibility index (Phi) is 6.09. The summed E-state index contributed by atoms with van der Waals surface area (Å²) < 4.78 is 10.7. The van der Waals surface area contributed by atoms with Crippen molar-refractivity contribution in [1.29, 1.82) is 0 Å². The molecule has 1 rings (SSSR count). The standard InChI is InChI=1S/C14H27NO3/c1-11-6-5-7-12(10-11)18-9-8-14(2,15-3)13(16)17-4/h11-12,15H,5-10H2,1-4H3. The van der Waals surface area contributed by atoms with Crippen molar-refractivity contribution in [1.82, 2.24) is 5.32 Å². The molecule has 3 unspecified atom stereocenters. The third kappa shape index (κ3) is 4.25. The Labute approximate surface area is 110 Å². The fraction of sp³-hybridized carbons (Fsp3) is 0.929. The molecule has 0 amide bonds. The van der Waals surface area contributed by atoms with Crippen LogP contribution in [0.2, 0.25) is 0 Å². The molecule has 3 atom stereocenters. The SMILES string of the molecule is CNC(C)(CCOC1CCCC(C)C1)C(=O)OC. The van der Waals surface area contributed by atoms with Crippen molar-refractivity contribution >= 4 is 5.97 Å². The second-order valence-corrected chi connectivity index (χ2v) is 5.59. The van der Waals surface area contributed by atoms with Gasteiger partial charge in [0.05, 0.1) is 13.2 Å². The lowest BCUT2D eigenvalue weighted by Gasteiger charge is -2.30. The maximum atomic E-state index is 11.7.